The summed E-state index contributed by atoms with van der Waals surface area (Å²) in [5.41, 5.74) is 0.909. The van der Waals surface area contributed by atoms with Crippen LogP contribution in [-0.4, -0.2) is 23.9 Å². The van der Waals surface area contributed by atoms with Gasteiger partial charge in [-0.05, 0) is 43.0 Å². The number of amides is 1. The van der Waals surface area contributed by atoms with Crippen LogP contribution in [0.5, 0.6) is 0 Å². The molecule has 1 amide bonds. The summed E-state index contributed by atoms with van der Waals surface area (Å²) < 4.78 is 0. The molecule has 1 heterocycles. The van der Waals surface area contributed by atoms with Gasteiger partial charge >= 0.3 is 0 Å². The van der Waals surface area contributed by atoms with E-state index in [9.17, 15) is 10.1 Å². The zero-order valence-electron chi connectivity index (χ0n) is 12.0. The van der Waals surface area contributed by atoms with Crippen molar-refractivity contribution in [2.75, 3.05) is 18.4 Å². The van der Waals surface area contributed by atoms with Crippen LogP contribution in [0.3, 0.4) is 0 Å². The molecule has 1 fully saturated rings. The Balaban J connectivity index is 2.01. The molecule has 4 nitrogen and oxygen atoms in total. The first-order chi connectivity index (χ1) is 10.1. The maximum Gasteiger partial charge on any atom is 0.266 e. The number of nitrogens with one attached hydrogen (secondary N) is 1. The Morgan fingerprint density at radius 3 is 2.57 bits per heavy atom. The summed E-state index contributed by atoms with van der Waals surface area (Å²) in [4.78, 5) is 14.0. The van der Waals surface area contributed by atoms with E-state index in [4.69, 9.17) is 11.6 Å². The van der Waals surface area contributed by atoms with E-state index in [2.05, 4.69) is 12.2 Å². The van der Waals surface area contributed by atoms with Crippen LogP contribution >= 0.6 is 11.6 Å². The van der Waals surface area contributed by atoms with E-state index in [0.29, 0.717) is 10.9 Å². The molecule has 0 bridgehead atoms. The van der Waals surface area contributed by atoms with E-state index >= 15 is 0 Å². The number of carbonyl (C=O) groups excluding carboxylic acids is 1. The molecule has 21 heavy (non-hydrogen) atoms. The second kappa shape index (κ2) is 7.14. The number of nitriles is 1. The van der Waals surface area contributed by atoms with Crippen molar-refractivity contribution < 1.29 is 4.79 Å². The highest BCUT2D eigenvalue weighted by molar-refractivity contribution is 6.30. The molecule has 0 atom stereocenters. The van der Waals surface area contributed by atoms with Gasteiger partial charge < -0.3 is 10.2 Å². The highest BCUT2D eigenvalue weighted by Gasteiger charge is 2.22. The Bertz CT molecular complexity index is 566. The molecule has 0 aromatic heterocycles. The van der Waals surface area contributed by atoms with Gasteiger partial charge in [0.15, 0.2) is 0 Å². The third-order valence-electron chi connectivity index (χ3n) is 3.65. The Kier molecular flexibility index (Phi) is 5.24. The third kappa shape index (κ3) is 4.24. The molecular weight excluding hydrogens is 286 g/mol. The number of carbonyl (C=O) groups is 1. The average molecular weight is 304 g/mol. The van der Waals surface area contributed by atoms with Crippen LogP contribution in [0.15, 0.2) is 36.0 Å². The summed E-state index contributed by atoms with van der Waals surface area (Å²) in [6.45, 7) is 3.63. The van der Waals surface area contributed by atoms with Gasteiger partial charge in [0, 0.05) is 30.0 Å². The number of nitrogens with zero attached hydrogens (tertiary/aromatic N) is 2. The maximum atomic E-state index is 12.3. The molecule has 1 aromatic rings. The van der Waals surface area contributed by atoms with Crippen molar-refractivity contribution in [1.82, 2.24) is 4.90 Å². The molecule has 5 heteroatoms. The Morgan fingerprint density at radius 1 is 1.38 bits per heavy atom. The smallest absolute Gasteiger partial charge is 0.266 e. The minimum absolute atomic E-state index is 0.125. The van der Waals surface area contributed by atoms with E-state index in [1.165, 1.54) is 6.20 Å². The Labute approximate surface area is 130 Å². The van der Waals surface area contributed by atoms with Crippen LogP contribution in [0.25, 0.3) is 0 Å². The van der Waals surface area contributed by atoms with Gasteiger partial charge in [-0.15, -0.1) is 0 Å². The van der Waals surface area contributed by atoms with E-state index < -0.39 is 0 Å². The van der Waals surface area contributed by atoms with Crippen LogP contribution in [-0.2, 0) is 4.79 Å². The van der Waals surface area contributed by atoms with Crippen molar-refractivity contribution in [2.45, 2.75) is 19.8 Å². The molecule has 1 aliphatic rings. The van der Waals surface area contributed by atoms with E-state index in [1.807, 2.05) is 6.07 Å². The van der Waals surface area contributed by atoms with Gasteiger partial charge in [0.05, 0.1) is 0 Å². The summed E-state index contributed by atoms with van der Waals surface area (Å²) in [6, 6.07) is 9.05. The van der Waals surface area contributed by atoms with Gasteiger partial charge in [-0.25, -0.2) is 0 Å². The lowest BCUT2D eigenvalue weighted by Crippen LogP contribution is -2.38. The standard InChI is InChI=1S/C16H18ClN3O/c1-12-6-8-20(9-7-12)16(21)13(10-18)11-19-15-4-2-14(17)3-5-15/h2-5,11-12,19H,6-9H2,1H3/b13-11-. The number of hydrogen-bond donors (Lipinski definition) is 1. The molecular formula is C16H18ClN3O. The molecule has 0 unspecified atom stereocenters. The number of benzene rings is 1. The van der Waals surface area contributed by atoms with E-state index in [-0.39, 0.29) is 11.5 Å². The highest BCUT2D eigenvalue weighted by atomic mass is 35.5. The number of halogens is 1. The van der Waals surface area contributed by atoms with Gasteiger partial charge in [0.2, 0.25) is 0 Å². The second-order valence-electron chi connectivity index (χ2n) is 5.30. The second-order valence-corrected chi connectivity index (χ2v) is 5.73. The fraction of sp³-hybridized carbons (Fsp3) is 0.375. The SMILES string of the molecule is CC1CCN(C(=O)/C(C#N)=C\Nc2ccc(Cl)cc2)CC1. The monoisotopic (exact) mass is 303 g/mol. The predicted octanol–water partition coefficient (Wildman–Crippen LogP) is 3.42. The predicted molar refractivity (Wildman–Crippen MR) is 83.7 cm³/mol. The molecule has 110 valence electrons. The molecule has 2 rings (SSSR count). The summed E-state index contributed by atoms with van der Waals surface area (Å²) >= 11 is 5.81. The van der Waals surface area contributed by atoms with Gasteiger partial charge in [-0.3, -0.25) is 4.79 Å². The van der Waals surface area contributed by atoms with Gasteiger partial charge in [0.1, 0.15) is 11.6 Å². The van der Waals surface area contributed by atoms with Crippen molar-refractivity contribution in [3.05, 3.63) is 41.1 Å². The van der Waals surface area contributed by atoms with Gasteiger partial charge in [0.25, 0.3) is 5.91 Å². The molecule has 1 aliphatic heterocycles. The topological polar surface area (TPSA) is 56.1 Å². The third-order valence-corrected chi connectivity index (χ3v) is 3.90. The van der Waals surface area contributed by atoms with Crippen LogP contribution in [0.4, 0.5) is 5.69 Å². The summed E-state index contributed by atoms with van der Waals surface area (Å²) in [6.07, 6.45) is 3.45. The molecule has 0 saturated carbocycles. The Hall–Kier alpha value is -1.99. The zero-order valence-corrected chi connectivity index (χ0v) is 12.7. The molecule has 1 saturated heterocycles. The van der Waals surface area contributed by atoms with Crippen LogP contribution < -0.4 is 5.32 Å². The first-order valence-electron chi connectivity index (χ1n) is 7.02. The maximum absolute atomic E-state index is 12.3. The lowest BCUT2D eigenvalue weighted by Gasteiger charge is -2.30. The quantitative estimate of drug-likeness (QED) is 0.687. The minimum atomic E-state index is -0.203. The number of anilines is 1. The van der Waals surface area contributed by atoms with Crippen molar-refractivity contribution in [2.24, 2.45) is 5.92 Å². The molecule has 0 aliphatic carbocycles. The number of piperidine rings is 1. The molecule has 0 spiro atoms. The normalized spacial score (nSPS) is 16.4. The lowest BCUT2D eigenvalue weighted by molar-refractivity contribution is -0.128. The zero-order chi connectivity index (χ0) is 15.2. The van der Waals surface area contributed by atoms with Gasteiger partial charge in [-0.2, -0.15) is 5.26 Å². The largest absolute Gasteiger partial charge is 0.360 e. The molecule has 1 aromatic carbocycles. The fourth-order valence-corrected chi connectivity index (χ4v) is 2.35. The summed E-state index contributed by atoms with van der Waals surface area (Å²) in [7, 11) is 0. The van der Waals surface area contributed by atoms with Crippen LogP contribution in [0.2, 0.25) is 5.02 Å². The van der Waals surface area contributed by atoms with Gasteiger partial charge in [-0.1, -0.05) is 18.5 Å². The van der Waals surface area contributed by atoms with Crippen LogP contribution in [0, 0.1) is 17.2 Å². The first kappa shape index (κ1) is 15.4. The van der Waals surface area contributed by atoms with Crippen LogP contribution in [0.1, 0.15) is 19.8 Å². The van der Waals surface area contributed by atoms with Crippen molar-refractivity contribution in [1.29, 1.82) is 5.26 Å². The van der Waals surface area contributed by atoms with E-state index in [1.54, 1.807) is 29.2 Å². The minimum Gasteiger partial charge on any atom is -0.360 e. The average Bonchev–Trinajstić information content (AvgIpc) is 2.50. The summed E-state index contributed by atoms with van der Waals surface area (Å²) in [5.74, 6) is 0.446. The lowest BCUT2D eigenvalue weighted by atomic mass is 9.99. The van der Waals surface area contributed by atoms with Crippen molar-refractivity contribution in [3.8, 4) is 6.07 Å². The number of rotatable bonds is 3. The number of hydrogen-bond acceptors (Lipinski definition) is 3. The highest BCUT2D eigenvalue weighted by Crippen LogP contribution is 2.18. The summed E-state index contributed by atoms with van der Waals surface area (Å²) in [5, 5.41) is 12.8. The first-order valence-corrected chi connectivity index (χ1v) is 7.39. The van der Waals surface area contributed by atoms with E-state index in [0.717, 1.165) is 31.6 Å². The number of likely N-dealkylation sites (tertiary alicyclic amines) is 1. The molecule has 0 radical (unpaired) electrons. The van der Waals surface area contributed by atoms with Crippen molar-refractivity contribution in [3.63, 3.8) is 0 Å². The van der Waals surface area contributed by atoms with Crippen molar-refractivity contribution >= 4 is 23.2 Å². The fourth-order valence-electron chi connectivity index (χ4n) is 2.23. The Morgan fingerprint density at radius 2 is 2.00 bits per heavy atom. The molecule has 1 N–H and O–H groups in total.